The van der Waals surface area contributed by atoms with Gasteiger partial charge in [-0.05, 0) is 36.0 Å². The Balaban J connectivity index is 1.86. The maximum absolute atomic E-state index is 11.1. The van der Waals surface area contributed by atoms with Gasteiger partial charge >= 0.3 is 0 Å². The SMILES string of the molecule is CC(=O)c1ccc(Sc2nc3ccccc3o2)cn1. The van der Waals surface area contributed by atoms with Crippen LogP contribution in [0.4, 0.5) is 0 Å². The number of aromatic nitrogens is 2. The van der Waals surface area contributed by atoms with Crippen molar-refractivity contribution >= 4 is 28.6 Å². The molecule has 19 heavy (non-hydrogen) atoms. The quantitative estimate of drug-likeness (QED) is 0.681. The number of rotatable bonds is 3. The van der Waals surface area contributed by atoms with Crippen LogP contribution in [0.2, 0.25) is 0 Å². The zero-order chi connectivity index (χ0) is 13.2. The zero-order valence-electron chi connectivity index (χ0n) is 10.2. The summed E-state index contributed by atoms with van der Waals surface area (Å²) < 4.78 is 5.61. The number of Topliss-reactive ketones (excluding diaryl/α,β-unsaturated/α-hetero) is 1. The lowest BCUT2D eigenvalue weighted by molar-refractivity contribution is 0.101. The van der Waals surface area contributed by atoms with Gasteiger partial charge in [-0.1, -0.05) is 12.1 Å². The molecule has 0 saturated carbocycles. The van der Waals surface area contributed by atoms with E-state index in [9.17, 15) is 4.79 Å². The fourth-order valence-electron chi connectivity index (χ4n) is 1.64. The van der Waals surface area contributed by atoms with E-state index in [0.29, 0.717) is 10.9 Å². The van der Waals surface area contributed by atoms with Crippen LogP contribution in [0, 0.1) is 0 Å². The third-order valence-corrected chi connectivity index (χ3v) is 3.40. The highest BCUT2D eigenvalue weighted by atomic mass is 32.2. The summed E-state index contributed by atoms with van der Waals surface area (Å²) in [5.74, 6) is -0.0431. The van der Waals surface area contributed by atoms with Crippen LogP contribution in [0.25, 0.3) is 11.1 Å². The number of fused-ring (bicyclic) bond motifs is 1. The van der Waals surface area contributed by atoms with E-state index in [0.717, 1.165) is 16.0 Å². The van der Waals surface area contributed by atoms with Gasteiger partial charge in [0.15, 0.2) is 11.4 Å². The molecule has 0 aliphatic rings. The number of pyridine rings is 1. The molecule has 4 nitrogen and oxygen atoms in total. The van der Waals surface area contributed by atoms with Crippen LogP contribution in [-0.4, -0.2) is 15.8 Å². The number of hydrogen-bond donors (Lipinski definition) is 0. The molecular formula is C14H10N2O2S. The molecule has 5 heteroatoms. The van der Waals surface area contributed by atoms with Crippen LogP contribution >= 0.6 is 11.8 Å². The van der Waals surface area contributed by atoms with Crippen LogP contribution in [0.5, 0.6) is 0 Å². The smallest absolute Gasteiger partial charge is 0.261 e. The highest BCUT2D eigenvalue weighted by Crippen LogP contribution is 2.29. The molecule has 2 heterocycles. The number of para-hydroxylation sites is 2. The summed E-state index contributed by atoms with van der Waals surface area (Å²) >= 11 is 1.38. The first-order valence-electron chi connectivity index (χ1n) is 5.73. The zero-order valence-corrected chi connectivity index (χ0v) is 11.0. The maximum Gasteiger partial charge on any atom is 0.261 e. The Labute approximate surface area is 113 Å². The molecule has 94 valence electrons. The van der Waals surface area contributed by atoms with Gasteiger partial charge in [-0.15, -0.1) is 0 Å². The van der Waals surface area contributed by atoms with Crippen LogP contribution < -0.4 is 0 Å². The van der Waals surface area contributed by atoms with Crippen molar-refractivity contribution in [2.45, 2.75) is 17.0 Å². The molecule has 0 aliphatic carbocycles. The second-order valence-electron chi connectivity index (χ2n) is 3.98. The molecule has 1 aromatic carbocycles. The number of benzene rings is 1. The Morgan fingerprint density at radius 2 is 2.05 bits per heavy atom. The number of oxazole rings is 1. The first-order valence-corrected chi connectivity index (χ1v) is 6.54. The summed E-state index contributed by atoms with van der Waals surface area (Å²) in [6, 6.07) is 11.1. The summed E-state index contributed by atoms with van der Waals surface area (Å²) in [6.45, 7) is 1.50. The molecule has 0 radical (unpaired) electrons. The maximum atomic E-state index is 11.1. The Morgan fingerprint density at radius 3 is 2.74 bits per heavy atom. The lowest BCUT2D eigenvalue weighted by Crippen LogP contribution is -1.95. The number of carbonyl (C=O) groups is 1. The molecular weight excluding hydrogens is 260 g/mol. The van der Waals surface area contributed by atoms with Crippen molar-refractivity contribution in [3.05, 3.63) is 48.3 Å². The van der Waals surface area contributed by atoms with Crippen molar-refractivity contribution in [1.82, 2.24) is 9.97 Å². The van der Waals surface area contributed by atoms with Gasteiger partial charge < -0.3 is 4.42 Å². The molecule has 0 unspecified atom stereocenters. The predicted octanol–water partition coefficient (Wildman–Crippen LogP) is 3.58. The highest BCUT2D eigenvalue weighted by Gasteiger charge is 2.08. The number of ketones is 1. The van der Waals surface area contributed by atoms with Gasteiger partial charge in [-0.2, -0.15) is 0 Å². The fourth-order valence-corrected chi connectivity index (χ4v) is 2.36. The third-order valence-electron chi connectivity index (χ3n) is 2.58. The third kappa shape index (κ3) is 2.51. The van der Waals surface area contributed by atoms with E-state index >= 15 is 0 Å². The standard InChI is InChI=1S/C14H10N2O2S/c1-9(17)11-7-6-10(8-15-11)19-14-16-12-4-2-3-5-13(12)18-14/h2-8H,1H3. The first-order chi connectivity index (χ1) is 9.22. The van der Waals surface area contributed by atoms with E-state index in [2.05, 4.69) is 9.97 Å². The minimum Gasteiger partial charge on any atom is -0.431 e. The Bertz CT molecular complexity index is 702. The molecule has 0 spiro atoms. The van der Waals surface area contributed by atoms with Gasteiger partial charge in [0.1, 0.15) is 11.2 Å². The van der Waals surface area contributed by atoms with Crippen LogP contribution in [0.3, 0.4) is 0 Å². The summed E-state index contributed by atoms with van der Waals surface area (Å²) in [5.41, 5.74) is 2.05. The largest absolute Gasteiger partial charge is 0.431 e. The monoisotopic (exact) mass is 270 g/mol. The highest BCUT2D eigenvalue weighted by molar-refractivity contribution is 7.99. The van der Waals surface area contributed by atoms with Crippen LogP contribution in [0.15, 0.2) is 57.1 Å². The second kappa shape index (κ2) is 4.85. The summed E-state index contributed by atoms with van der Waals surface area (Å²) in [4.78, 5) is 20.5. The van der Waals surface area contributed by atoms with Gasteiger partial charge in [-0.25, -0.2) is 4.98 Å². The van der Waals surface area contributed by atoms with Crippen molar-refractivity contribution in [1.29, 1.82) is 0 Å². The molecule has 0 fully saturated rings. The van der Waals surface area contributed by atoms with Gasteiger partial charge in [0, 0.05) is 18.0 Å². The van der Waals surface area contributed by atoms with Crippen molar-refractivity contribution in [2.24, 2.45) is 0 Å². The Hall–Kier alpha value is -2.14. The molecule has 0 amide bonds. The van der Waals surface area contributed by atoms with Crippen molar-refractivity contribution in [2.75, 3.05) is 0 Å². The Kier molecular flexibility index (Phi) is 3.05. The molecule has 3 rings (SSSR count). The molecule has 3 aromatic rings. The average molecular weight is 270 g/mol. The molecule has 0 N–H and O–H groups in total. The summed E-state index contributed by atoms with van der Waals surface area (Å²) in [7, 11) is 0. The normalized spacial score (nSPS) is 10.8. The number of nitrogens with zero attached hydrogens (tertiary/aromatic N) is 2. The molecule has 0 bridgehead atoms. The van der Waals surface area contributed by atoms with E-state index < -0.39 is 0 Å². The van der Waals surface area contributed by atoms with Crippen LogP contribution in [0.1, 0.15) is 17.4 Å². The van der Waals surface area contributed by atoms with E-state index in [-0.39, 0.29) is 5.78 Å². The van der Waals surface area contributed by atoms with Gasteiger partial charge in [-0.3, -0.25) is 9.78 Å². The number of carbonyl (C=O) groups excluding carboxylic acids is 1. The predicted molar refractivity (Wildman–Crippen MR) is 72.4 cm³/mol. The summed E-state index contributed by atoms with van der Waals surface area (Å²) in [5, 5.41) is 0.568. The fraction of sp³-hybridized carbons (Fsp3) is 0.0714. The van der Waals surface area contributed by atoms with E-state index in [1.165, 1.54) is 18.7 Å². The van der Waals surface area contributed by atoms with Crippen molar-refractivity contribution in [3.63, 3.8) is 0 Å². The van der Waals surface area contributed by atoms with E-state index in [1.807, 2.05) is 30.3 Å². The molecule has 0 atom stereocenters. The lowest BCUT2D eigenvalue weighted by atomic mass is 10.3. The first kappa shape index (κ1) is 11.9. The summed E-state index contributed by atoms with van der Waals surface area (Å²) in [6.07, 6.45) is 1.65. The van der Waals surface area contributed by atoms with E-state index in [1.54, 1.807) is 12.3 Å². The number of hydrogen-bond acceptors (Lipinski definition) is 5. The van der Waals surface area contributed by atoms with Gasteiger partial charge in [0.25, 0.3) is 5.22 Å². The van der Waals surface area contributed by atoms with Gasteiger partial charge in [0.05, 0.1) is 0 Å². The minimum absolute atomic E-state index is 0.0431. The second-order valence-corrected chi connectivity index (χ2v) is 5.01. The molecule has 0 saturated heterocycles. The Morgan fingerprint density at radius 1 is 1.21 bits per heavy atom. The lowest BCUT2D eigenvalue weighted by Gasteiger charge is -1.97. The van der Waals surface area contributed by atoms with E-state index in [4.69, 9.17) is 4.42 Å². The van der Waals surface area contributed by atoms with Crippen LogP contribution in [-0.2, 0) is 0 Å². The average Bonchev–Trinajstić information content (AvgIpc) is 2.81. The minimum atomic E-state index is -0.0431. The molecule has 0 aliphatic heterocycles. The molecule has 2 aromatic heterocycles. The van der Waals surface area contributed by atoms with Gasteiger partial charge in [0.2, 0.25) is 0 Å². The van der Waals surface area contributed by atoms with Crippen molar-refractivity contribution in [3.8, 4) is 0 Å². The topological polar surface area (TPSA) is 56.0 Å². The van der Waals surface area contributed by atoms with Crippen molar-refractivity contribution < 1.29 is 9.21 Å².